The molecule has 2 spiro atoms. The van der Waals surface area contributed by atoms with Gasteiger partial charge in [-0.1, -0.05) is 97.4 Å². The van der Waals surface area contributed by atoms with E-state index in [0.29, 0.717) is 53.1 Å². The first-order valence-electron chi connectivity index (χ1n) is 26.2. The molecular weight excluding hydrogens is 1650 g/mol. The maximum Gasteiger partial charge on any atom is 1.00 e. The fourth-order valence-electron chi connectivity index (χ4n) is 10.8. The number of aromatic nitrogens is 2. The quantitative estimate of drug-likeness (QED) is 0.0501. The Hall–Kier alpha value is -2.91. The van der Waals surface area contributed by atoms with Crippen LogP contribution in [-0.2, 0) is 19.3 Å². The first-order valence-corrected chi connectivity index (χ1v) is 27.0. The molecule has 4 atom stereocenters. The number of β-lactam (4-membered cyclic amide) rings is 2. The Morgan fingerprint density at radius 1 is 0.663 bits per heavy atom. The van der Waals surface area contributed by atoms with Crippen LogP contribution in [0.2, 0.25) is 10.0 Å². The maximum atomic E-state index is 14.0. The molecule has 6 heterocycles. The van der Waals surface area contributed by atoms with E-state index in [1.165, 1.54) is 24.3 Å². The number of nitrogens with zero attached hydrogens (tertiary/aromatic N) is 5. The minimum absolute atomic E-state index is 0. The molecule has 16 nitrogen and oxygen atoms in total. The number of para-hydroxylation sites is 1. The second-order valence-electron chi connectivity index (χ2n) is 19.7. The molecule has 4 saturated heterocycles. The predicted molar refractivity (Wildman–Crippen MR) is 309 cm³/mol. The van der Waals surface area contributed by atoms with Crippen molar-refractivity contribution in [3.8, 4) is 5.75 Å². The fourth-order valence-corrected chi connectivity index (χ4v) is 11.0. The summed E-state index contributed by atoms with van der Waals surface area (Å²) in [6.45, 7) is 6.13. The zero-order valence-electron chi connectivity index (χ0n) is 49.3. The Balaban J connectivity index is 0.000000645. The molecule has 5 amide bonds. The number of nitrogens with one attached hydrogen (secondary N) is 3. The predicted octanol–water partition coefficient (Wildman–Crippen LogP) is 5.69. The topological polar surface area (TPSA) is 198 Å². The van der Waals surface area contributed by atoms with Gasteiger partial charge >= 0.3 is 115 Å². The van der Waals surface area contributed by atoms with Gasteiger partial charge in [-0.2, -0.15) is 0 Å². The number of halogens is 4. The number of benzene rings is 5. The summed E-state index contributed by atoms with van der Waals surface area (Å²) in [6.07, 6.45) is 5.55. The SMILES string of the molecule is C.CC(NC(=O)N1CCC2(CC1)C(=O)N(c1cccc(F)c1)C2c1ccc(Cl)cc1)c1ccccn1.CC(NC(=O)Oc1ccccc1)c1ccccn1.O=C1N(c2cccc(F)c2)C(c2ccc(Cl)cc2)C12CCNCC2.O=CO[O-].[3H-].[H-].[K+].[K+].[U].[U]. The number of pyridine rings is 2. The summed E-state index contributed by atoms with van der Waals surface area (Å²) in [6, 6.07) is 46.6. The summed E-state index contributed by atoms with van der Waals surface area (Å²) >= 11 is 12.1. The normalized spacial score (nSPS) is 17.0. The third kappa shape index (κ3) is 19.3. The smallest absolute Gasteiger partial charge is 1.00 e. The van der Waals surface area contributed by atoms with Crippen molar-refractivity contribution < 1.29 is 215 Å². The van der Waals surface area contributed by atoms with E-state index in [2.05, 4.69) is 30.8 Å². The number of urea groups is 1. The van der Waals surface area contributed by atoms with Crippen LogP contribution in [0.3, 0.4) is 0 Å². The molecule has 0 saturated carbocycles. The number of carbonyl (C=O) groups is 5. The summed E-state index contributed by atoms with van der Waals surface area (Å²) in [5.74, 6) is -0.149. The van der Waals surface area contributed by atoms with Crippen molar-refractivity contribution in [2.75, 3.05) is 36.0 Å². The first kappa shape index (κ1) is 77.3. The van der Waals surface area contributed by atoms with E-state index < -0.39 is 16.9 Å². The molecule has 0 aliphatic carbocycles. The molecule has 0 bridgehead atoms. The Bertz CT molecular complexity index is 3280. The molecule has 24 heteroatoms. The number of carbonyl (C=O) groups excluding carboxylic acids is 5. The molecule has 0 radical (unpaired) electrons. The molecule has 86 heavy (non-hydrogen) atoms. The molecule has 440 valence electrons. The Morgan fingerprint density at radius 3 is 1.49 bits per heavy atom. The van der Waals surface area contributed by atoms with Crippen molar-refractivity contribution in [1.29, 1.82) is 0 Å². The van der Waals surface area contributed by atoms with E-state index in [4.69, 9.17) is 38.0 Å². The van der Waals surface area contributed by atoms with Crippen molar-refractivity contribution in [1.82, 2.24) is 30.8 Å². The molecule has 2 aromatic heterocycles. The zero-order chi connectivity index (χ0) is 57.5. The molecule has 4 aliphatic heterocycles. The molecule has 11 rings (SSSR count). The molecule has 4 fully saturated rings. The van der Waals surface area contributed by atoms with Gasteiger partial charge in [0.05, 0.1) is 46.4 Å². The van der Waals surface area contributed by atoms with E-state index >= 15 is 0 Å². The van der Waals surface area contributed by atoms with E-state index in [9.17, 15) is 28.0 Å². The number of ether oxygens (including phenoxy) is 1. The van der Waals surface area contributed by atoms with Crippen LogP contribution in [0, 0.1) is 84.7 Å². The van der Waals surface area contributed by atoms with Gasteiger partial charge in [0.2, 0.25) is 11.8 Å². The van der Waals surface area contributed by atoms with Crippen LogP contribution in [0.15, 0.2) is 176 Å². The molecule has 3 N–H and O–H groups in total. The van der Waals surface area contributed by atoms with Crippen LogP contribution in [0.1, 0.15) is 96.5 Å². The van der Waals surface area contributed by atoms with Gasteiger partial charge in [-0.15, -0.1) is 0 Å². The molecular formula is C62H65Cl2F2K2N8O8U2-. The monoisotopic (exact) mass is 1710 g/mol. The minimum atomic E-state index is -0.649. The van der Waals surface area contributed by atoms with E-state index in [1.807, 2.05) is 105 Å². The zero-order valence-corrected chi connectivity index (χ0v) is 63.4. The van der Waals surface area contributed by atoms with Crippen molar-refractivity contribution in [3.05, 3.63) is 220 Å². The van der Waals surface area contributed by atoms with Gasteiger partial charge in [-0.05, 0) is 161 Å². The van der Waals surface area contributed by atoms with Gasteiger partial charge < -0.3 is 48.4 Å². The average Bonchev–Trinajstić information content (AvgIpc) is 0.751. The number of hydrogen-bond acceptors (Lipinski definition) is 11. The van der Waals surface area contributed by atoms with Crippen LogP contribution >= 0.6 is 23.2 Å². The second-order valence-corrected chi connectivity index (χ2v) is 20.6. The summed E-state index contributed by atoms with van der Waals surface area (Å²) in [7, 11) is 0. The molecule has 4 unspecified atom stereocenters. The average molecular weight is 1720 g/mol. The Morgan fingerprint density at radius 2 is 1.08 bits per heavy atom. The van der Waals surface area contributed by atoms with Gasteiger partial charge in [-0.3, -0.25) is 24.4 Å². The number of amides is 5. The van der Waals surface area contributed by atoms with E-state index in [1.54, 1.807) is 75.6 Å². The number of likely N-dealkylation sites (tertiary alicyclic amines) is 1. The maximum absolute atomic E-state index is 14.0. The Kier molecular flexibility index (Phi) is 33.7. The second kappa shape index (κ2) is 37.4. The van der Waals surface area contributed by atoms with Gasteiger partial charge in [-0.25, -0.2) is 18.4 Å². The summed E-state index contributed by atoms with van der Waals surface area (Å²) in [5, 5.41) is 18.8. The van der Waals surface area contributed by atoms with Crippen molar-refractivity contribution in [2.24, 2.45) is 10.8 Å². The third-order valence-corrected chi connectivity index (χ3v) is 15.3. The van der Waals surface area contributed by atoms with Crippen LogP contribution in [0.5, 0.6) is 5.75 Å². The third-order valence-electron chi connectivity index (χ3n) is 14.8. The minimum Gasteiger partial charge on any atom is -1.00 e. The van der Waals surface area contributed by atoms with Crippen LogP contribution in [-0.4, -0.2) is 71.5 Å². The molecule has 5 aromatic carbocycles. The number of anilines is 2. The fraction of sp³-hybridized carbons (Fsp3) is 0.274. The largest absolute Gasteiger partial charge is 1.00 e. The van der Waals surface area contributed by atoms with Crippen molar-refractivity contribution >= 4 is 65.0 Å². The number of piperidine rings is 2. The van der Waals surface area contributed by atoms with Gasteiger partial charge in [0.1, 0.15) is 17.4 Å². The standard InChI is InChI=1S/C27H26ClFN4O2.C19H18ClFN2O.C14H14N2O2.CH2O3.CH4.2K.2U.2H/c1-18(23-7-2-3-14-30-23)31-26(35)32-15-12-27(13-16-32)24(19-8-10-20(28)11-9-19)33(25(27)34)22-6-4-5-21(29)17-22;20-14-6-4-13(5-7-14)17-19(8-10-22-11-9-19)18(24)23(17)16-3-1-2-15(21)12-16;1-11(13-9-5-6-10-15-13)16-14(17)18-12-7-3-2-4-8-12;2-1-4-3;;;;;;;/h2-11,14,17-18,24H,12-13,15-16H2,1H3,(H,31,35);1-7,12,17,22H,8-11H2;2-11H,1H3,(H,16,17);1,3H;1H4;;;;;;/q;;;;;2*+1;;;2*-1/p-1/i;;;;;;;;;1+2;. The van der Waals surface area contributed by atoms with Crippen molar-refractivity contribution in [3.63, 3.8) is 0 Å². The van der Waals surface area contributed by atoms with Gasteiger partial charge in [0, 0.05) is 109 Å². The van der Waals surface area contributed by atoms with Gasteiger partial charge in [0.25, 0.3) is 6.47 Å². The van der Waals surface area contributed by atoms with Crippen molar-refractivity contribution in [2.45, 2.75) is 71.1 Å². The summed E-state index contributed by atoms with van der Waals surface area (Å²) in [4.78, 5) is 76.1. The summed E-state index contributed by atoms with van der Waals surface area (Å²) in [5.41, 5.74) is 3.67. The Labute approximate surface area is 645 Å². The first-order chi connectivity index (χ1) is 39.2. The van der Waals surface area contributed by atoms with E-state index in [0.717, 1.165) is 48.4 Å². The summed E-state index contributed by atoms with van der Waals surface area (Å²) < 4.78 is 32.8. The number of rotatable bonds is 10. The van der Waals surface area contributed by atoms with Gasteiger partial charge in [0.15, 0.2) is 0 Å². The number of hydrogen-bond donors (Lipinski definition) is 3. The van der Waals surface area contributed by atoms with E-state index in [-0.39, 0.29) is 235 Å². The van der Waals surface area contributed by atoms with Crippen LogP contribution in [0.25, 0.3) is 0 Å². The van der Waals surface area contributed by atoms with Crippen LogP contribution in [0.4, 0.5) is 29.7 Å². The molecule has 7 aromatic rings. The molecule has 4 aliphatic rings. The van der Waals surface area contributed by atoms with Crippen LogP contribution < -0.4 is 139 Å².